The van der Waals surface area contributed by atoms with E-state index in [1.807, 2.05) is 12.1 Å². The van der Waals surface area contributed by atoms with E-state index in [1.165, 1.54) is 18.2 Å². The van der Waals surface area contributed by atoms with Crippen LogP contribution < -0.4 is 5.73 Å². The molecule has 0 aliphatic carbocycles. The van der Waals surface area contributed by atoms with Crippen molar-refractivity contribution >= 4 is 28.3 Å². The highest BCUT2D eigenvalue weighted by Gasteiger charge is 2.11. The number of rotatable bonds is 1. The summed E-state index contributed by atoms with van der Waals surface area (Å²) in [7, 11) is 0. The molecule has 1 heterocycles. The smallest absolute Gasteiger partial charge is 0.141 e. The second-order valence-corrected chi connectivity index (χ2v) is 4.39. The number of aromatic amines is 1. The molecule has 0 atom stereocenters. The van der Waals surface area contributed by atoms with Crippen LogP contribution in [-0.4, -0.2) is 9.97 Å². The van der Waals surface area contributed by atoms with Gasteiger partial charge in [-0.3, -0.25) is 0 Å². The summed E-state index contributed by atoms with van der Waals surface area (Å²) in [6, 6.07) is 9.75. The maximum atomic E-state index is 13.7. The molecule has 2 aromatic carbocycles. The van der Waals surface area contributed by atoms with Crippen molar-refractivity contribution in [3.8, 4) is 11.4 Å². The van der Waals surface area contributed by atoms with E-state index >= 15 is 0 Å². The lowest BCUT2D eigenvalue weighted by molar-refractivity contribution is 0.630. The van der Waals surface area contributed by atoms with Crippen LogP contribution in [0.2, 0.25) is 5.02 Å². The molecule has 0 aliphatic heterocycles. The third-order valence-corrected chi connectivity index (χ3v) is 2.96. The number of halogens is 2. The lowest BCUT2D eigenvalue weighted by Gasteiger charge is -1.99. The first-order chi connectivity index (χ1) is 8.65. The number of benzene rings is 2. The SMILES string of the molecule is Nc1cccc2[nH]c(-c3cc(Cl)ccc3F)nc12. The Morgan fingerprint density at radius 3 is 2.83 bits per heavy atom. The Kier molecular flexibility index (Phi) is 2.45. The average molecular weight is 262 g/mol. The second kappa shape index (κ2) is 3.99. The number of nitrogens with one attached hydrogen (secondary N) is 1. The summed E-state index contributed by atoms with van der Waals surface area (Å²) in [5.74, 6) is 0.0416. The summed E-state index contributed by atoms with van der Waals surface area (Å²) in [6.07, 6.45) is 0. The first kappa shape index (κ1) is 11.0. The molecule has 0 amide bonds. The maximum Gasteiger partial charge on any atom is 0.141 e. The van der Waals surface area contributed by atoms with Crippen molar-refractivity contribution < 1.29 is 4.39 Å². The summed E-state index contributed by atoms with van der Waals surface area (Å²) in [5.41, 5.74) is 8.10. The molecule has 0 saturated heterocycles. The Morgan fingerprint density at radius 1 is 1.22 bits per heavy atom. The standard InChI is InChI=1S/C13H9ClFN3/c14-7-4-5-9(15)8(6-7)13-17-11-3-1-2-10(16)12(11)18-13/h1-6H,16H2,(H,17,18). The zero-order chi connectivity index (χ0) is 12.7. The Morgan fingerprint density at radius 2 is 2.06 bits per heavy atom. The molecule has 0 saturated carbocycles. The molecule has 0 radical (unpaired) electrons. The van der Waals surface area contributed by atoms with Crippen molar-refractivity contribution in [3.05, 3.63) is 47.2 Å². The minimum atomic E-state index is -0.378. The number of imidazole rings is 1. The van der Waals surface area contributed by atoms with Gasteiger partial charge in [0, 0.05) is 5.02 Å². The highest BCUT2D eigenvalue weighted by molar-refractivity contribution is 6.30. The van der Waals surface area contributed by atoms with E-state index in [2.05, 4.69) is 9.97 Å². The minimum absolute atomic E-state index is 0.332. The number of nitrogen functional groups attached to an aromatic ring is 1. The van der Waals surface area contributed by atoms with Crippen LogP contribution in [0.1, 0.15) is 0 Å². The van der Waals surface area contributed by atoms with E-state index in [-0.39, 0.29) is 5.82 Å². The molecule has 3 N–H and O–H groups in total. The normalized spacial score (nSPS) is 11.0. The van der Waals surface area contributed by atoms with Crippen LogP contribution in [-0.2, 0) is 0 Å². The van der Waals surface area contributed by atoms with Crippen molar-refractivity contribution in [1.29, 1.82) is 0 Å². The van der Waals surface area contributed by atoms with Crippen LogP contribution in [0.15, 0.2) is 36.4 Å². The maximum absolute atomic E-state index is 13.7. The number of fused-ring (bicyclic) bond motifs is 1. The topological polar surface area (TPSA) is 54.7 Å². The molecule has 5 heteroatoms. The van der Waals surface area contributed by atoms with Crippen molar-refractivity contribution in [2.45, 2.75) is 0 Å². The molecule has 0 spiro atoms. The molecule has 3 rings (SSSR count). The van der Waals surface area contributed by atoms with Crippen molar-refractivity contribution in [3.63, 3.8) is 0 Å². The van der Waals surface area contributed by atoms with E-state index in [0.717, 1.165) is 5.52 Å². The highest BCUT2D eigenvalue weighted by Crippen LogP contribution is 2.27. The lowest BCUT2D eigenvalue weighted by Crippen LogP contribution is -1.87. The third kappa shape index (κ3) is 1.71. The predicted molar refractivity (Wildman–Crippen MR) is 70.9 cm³/mol. The first-order valence-electron chi connectivity index (χ1n) is 5.35. The number of aromatic nitrogens is 2. The van der Waals surface area contributed by atoms with Crippen LogP contribution in [0, 0.1) is 5.82 Å². The van der Waals surface area contributed by atoms with E-state index in [4.69, 9.17) is 17.3 Å². The van der Waals surface area contributed by atoms with Crippen LogP contribution in [0.4, 0.5) is 10.1 Å². The summed E-state index contributed by atoms with van der Waals surface area (Å²) < 4.78 is 13.7. The zero-order valence-corrected chi connectivity index (χ0v) is 10.0. The summed E-state index contributed by atoms with van der Waals surface area (Å²) in [5, 5.41) is 0.458. The van der Waals surface area contributed by atoms with Crippen molar-refractivity contribution in [1.82, 2.24) is 9.97 Å². The van der Waals surface area contributed by atoms with Gasteiger partial charge >= 0.3 is 0 Å². The number of nitrogens with zero attached hydrogens (tertiary/aromatic N) is 1. The number of anilines is 1. The molecule has 0 fully saturated rings. The molecule has 18 heavy (non-hydrogen) atoms. The van der Waals surface area contributed by atoms with Crippen LogP contribution >= 0.6 is 11.6 Å². The van der Waals surface area contributed by atoms with Crippen LogP contribution in [0.3, 0.4) is 0 Å². The monoisotopic (exact) mass is 261 g/mol. The van der Waals surface area contributed by atoms with Gasteiger partial charge in [0.25, 0.3) is 0 Å². The van der Waals surface area contributed by atoms with E-state index in [0.29, 0.717) is 27.6 Å². The van der Waals surface area contributed by atoms with E-state index < -0.39 is 0 Å². The number of nitrogens with two attached hydrogens (primary N) is 1. The van der Waals surface area contributed by atoms with E-state index in [1.54, 1.807) is 6.07 Å². The molecule has 0 unspecified atom stereocenters. The summed E-state index contributed by atoms with van der Waals surface area (Å²) in [6.45, 7) is 0. The van der Waals surface area contributed by atoms with Gasteiger partial charge in [-0.1, -0.05) is 17.7 Å². The Hall–Kier alpha value is -2.07. The third-order valence-electron chi connectivity index (χ3n) is 2.73. The van der Waals surface area contributed by atoms with Gasteiger partial charge in [-0.05, 0) is 30.3 Å². The molecule has 3 nitrogen and oxygen atoms in total. The van der Waals surface area contributed by atoms with Gasteiger partial charge in [0.05, 0.1) is 16.8 Å². The fourth-order valence-corrected chi connectivity index (χ4v) is 2.03. The zero-order valence-electron chi connectivity index (χ0n) is 9.24. The molecule has 0 bridgehead atoms. The summed E-state index contributed by atoms with van der Waals surface area (Å²) in [4.78, 5) is 7.34. The van der Waals surface area contributed by atoms with Crippen molar-refractivity contribution in [2.24, 2.45) is 0 Å². The Balaban J connectivity index is 2.26. The highest BCUT2D eigenvalue weighted by atomic mass is 35.5. The van der Waals surface area contributed by atoms with Gasteiger partial charge in [-0.15, -0.1) is 0 Å². The molecular formula is C13H9ClFN3. The van der Waals surface area contributed by atoms with Gasteiger partial charge < -0.3 is 10.7 Å². The van der Waals surface area contributed by atoms with Crippen LogP contribution in [0.5, 0.6) is 0 Å². The number of hydrogen-bond acceptors (Lipinski definition) is 2. The largest absolute Gasteiger partial charge is 0.397 e. The van der Waals surface area contributed by atoms with Gasteiger partial charge in [-0.25, -0.2) is 9.37 Å². The van der Waals surface area contributed by atoms with E-state index in [9.17, 15) is 4.39 Å². The van der Waals surface area contributed by atoms with Crippen LogP contribution in [0.25, 0.3) is 22.4 Å². The number of hydrogen-bond donors (Lipinski definition) is 2. The molecule has 0 aliphatic rings. The molecule has 3 aromatic rings. The molecule has 1 aromatic heterocycles. The average Bonchev–Trinajstić information content (AvgIpc) is 2.77. The van der Waals surface area contributed by atoms with Crippen molar-refractivity contribution in [2.75, 3.05) is 5.73 Å². The van der Waals surface area contributed by atoms with Gasteiger partial charge in [-0.2, -0.15) is 0 Å². The quantitative estimate of drug-likeness (QED) is 0.658. The lowest BCUT2D eigenvalue weighted by atomic mass is 10.2. The molecular weight excluding hydrogens is 253 g/mol. The Labute approximate surface area is 107 Å². The van der Waals surface area contributed by atoms with Gasteiger partial charge in [0.1, 0.15) is 17.2 Å². The predicted octanol–water partition coefficient (Wildman–Crippen LogP) is 3.60. The Bertz CT molecular complexity index is 736. The second-order valence-electron chi connectivity index (χ2n) is 3.95. The first-order valence-corrected chi connectivity index (χ1v) is 5.72. The summed E-state index contributed by atoms with van der Waals surface area (Å²) >= 11 is 5.86. The van der Waals surface area contributed by atoms with Gasteiger partial charge in [0.2, 0.25) is 0 Å². The van der Waals surface area contributed by atoms with Gasteiger partial charge in [0.15, 0.2) is 0 Å². The number of H-pyrrole nitrogens is 1. The fourth-order valence-electron chi connectivity index (χ4n) is 1.86. The number of para-hydroxylation sites is 1. The minimum Gasteiger partial charge on any atom is -0.397 e. The fraction of sp³-hybridized carbons (Fsp3) is 0. The molecule has 90 valence electrons.